The Labute approximate surface area is 311 Å². The van der Waals surface area contributed by atoms with Crippen LogP contribution in [0.25, 0.3) is 17.3 Å². The molecule has 3 N–H and O–H groups in total. The van der Waals surface area contributed by atoms with E-state index in [4.69, 9.17) is 4.74 Å². The third-order valence-corrected chi connectivity index (χ3v) is 9.71. The number of thiazole rings is 1. The standard InChI is InChI=1S/C42H36N4O4S2/c1-28-13-17-32(18-14-28)38-27-51-42(45-38)46-39(47)29(2)52-36-23-19-34(20-24-36)43-41(49)37(44-40(48)33-11-7-4-8-12-33)25-30-15-21-35(22-16-30)50-26-31-9-5-3-6-10-31/h3-25,27,29H,26H2,1-2H3,(H,43,49)(H,44,48)(H,45,46,47)/b37-25-. The normalized spacial score (nSPS) is 11.7. The van der Waals surface area contributed by atoms with Gasteiger partial charge in [0.25, 0.3) is 11.8 Å². The zero-order valence-electron chi connectivity index (χ0n) is 28.5. The minimum absolute atomic E-state index is 0.0725. The van der Waals surface area contributed by atoms with E-state index in [0.29, 0.717) is 34.3 Å². The van der Waals surface area contributed by atoms with Gasteiger partial charge in [-0.3, -0.25) is 14.4 Å². The van der Waals surface area contributed by atoms with Crippen molar-refractivity contribution in [3.8, 4) is 17.0 Å². The summed E-state index contributed by atoms with van der Waals surface area (Å²) in [7, 11) is 0. The summed E-state index contributed by atoms with van der Waals surface area (Å²) < 4.78 is 5.90. The lowest BCUT2D eigenvalue weighted by atomic mass is 10.1. The summed E-state index contributed by atoms with van der Waals surface area (Å²) in [5.74, 6) is -0.379. The molecule has 0 saturated carbocycles. The topological polar surface area (TPSA) is 109 Å². The van der Waals surface area contributed by atoms with Crippen molar-refractivity contribution >= 4 is 57.7 Å². The van der Waals surface area contributed by atoms with Gasteiger partial charge < -0.3 is 20.7 Å². The molecule has 8 nitrogen and oxygen atoms in total. The van der Waals surface area contributed by atoms with Gasteiger partial charge in [0.15, 0.2) is 5.13 Å². The Kier molecular flexibility index (Phi) is 11.9. The van der Waals surface area contributed by atoms with Gasteiger partial charge in [-0.1, -0.05) is 90.5 Å². The molecule has 0 aliphatic rings. The van der Waals surface area contributed by atoms with Crippen molar-refractivity contribution in [1.29, 1.82) is 0 Å². The Morgan fingerprint density at radius 3 is 2.17 bits per heavy atom. The second kappa shape index (κ2) is 17.3. The first kappa shape index (κ1) is 35.8. The molecule has 52 heavy (non-hydrogen) atoms. The number of benzene rings is 5. The highest BCUT2D eigenvalue weighted by Crippen LogP contribution is 2.28. The van der Waals surface area contributed by atoms with Crippen molar-refractivity contribution in [3.63, 3.8) is 0 Å². The first-order chi connectivity index (χ1) is 25.3. The van der Waals surface area contributed by atoms with Gasteiger partial charge in [0.1, 0.15) is 18.1 Å². The Morgan fingerprint density at radius 1 is 0.808 bits per heavy atom. The Hall–Kier alpha value is -5.97. The Balaban J connectivity index is 1.08. The molecular formula is C42H36N4O4S2. The number of aryl methyl sites for hydroxylation is 1. The largest absolute Gasteiger partial charge is 0.489 e. The summed E-state index contributed by atoms with van der Waals surface area (Å²) in [6.45, 7) is 4.30. The fourth-order valence-electron chi connectivity index (χ4n) is 4.98. The fraction of sp³-hybridized carbons (Fsp3) is 0.0952. The molecule has 0 bridgehead atoms. The second-order valence-corrected chi connectivity index (χ2v) is 14.1. The number of nitrogens with zero attached hydrogens (tertiary/aromatic N) is 1. The van der Waals surface area contributed by atoms with Crippen LogP contribution in [0, 0.1) is 6.92 Å². The smallest absolute Gasteiger partial charge is 0.272 e. The van der Waals surface area contributed by atoms with E-state index in [1.165, 1.54) is 28.7 Å². The zero-order chi connectivity index (χ0) is 36.3. The van der Waals surface area contributed by atoms with Crippen molar-refractivity contribution in [2.24, 2.45) is 0 Å². The van der Waals surface area contributed by atoms with E-state index >= 15 is 0 Å². The molecule has 6 aromatic rings. The molecule has 0 aliphatic carbocycles. The third-order valence-electron chi connectivity index (χ3n) is 7.84. The lowest BCUT2D eigenvalue weighted by Gasteiger charge is -2.13. The molecule has 0 radical (unpaired) electrons. The number of hydrogen-bond acceptors (Lipinski definition) is 7. The van der Waals surface area contributed by atoms with Crippen LogP contribution in [-0.4, -0.2) is 28.0 Å². The maximum absolute atomic E-state index is 13.6. The second-order valence-electron chi connectivity index (χ2n) is 11.9. The van der Waals surface area contributed by atoms with E-state index in [-0.39, 0.29) is 11.6 Å². The summed E-state index contributed by atoms with van der Waals surface area (Å²) in [5, 5.41) is 10.6. The average molecular weight is 725 g/mol. The van der Waals surface area contributed by atoms with Crippen LogP contribution in [-0.2, 0) is 16.2 Å². The van der Waals surface area contributed by atoms with Crippen LogP contribution in [0.3, 0.4) is 0 Å². The highest BCUT2D eigenvalue weighted by molar-refractivity contribution is 8.00. The van der Waals surface area contributed by atoms with E-state index in [2.05, 4.69) is 20.9 Å². The lowest BCUT2D eigenvalue weighted by molar-refractivity contribution is -0.115. The fourth-order valence-corrected chi connectivity index (χ4v) is 6.57. The number of carbonyl (C=O) groups excluding carboxylic acids is 3. The van der Waals surface area contributed by atoms with Gasteiger partial charge >= 0.3 is 0 Å². The molecule has 1 aromatic heterocycles. The Bertz CT molecular complexity index is 2150. The lowest BCUT2D eigenvalue weighted by Crippen LogP contribution is -2.30. The predicted molar refractivity (Wildman–Crippen MR) is 210 cm³/mol. The first-order valence-corrected chi connectivity index (χ1v) is 18.3. The van der Waals surface area contributed by atoms with Gasteiger partial charge in [-0.2, -0.15) is 0 Å². The first-order valence-electron chi connectivity index (χ1n) is 16.6. The quantitative estimate of drug-likeness (QED) is 0.0810. The molecule has 1 atom stereocenters. The number of anilines is 2. The van der Waals surface area contributed by atoms with Crippen molar-refractivity contribution in [1.82, 2.24) is 10.3 Å². The van der Waals surface area contributed by atoms with Crippen molar-refractivity contribution in [2.75, 3.05) is 10.6 Å². The minimum Gasteiger partial charge on any atom is -0.489 e. The van der Waals surface area contributed by atoms with E-state index in [9.17, 15) is 14.4 Å². The Morgan fingerprint density at radius 2 is 1.48 bits per heavy atom. The van der Waals surface area contributed by atoms with Crippen LogP contribution < -0.4 is 20.7 Å². The van der Waals surface area contributed by atoms with E-state index in [1.807, 2.05) is 116 Å². The summed E-state index contributed by atoms with van der Waals surface area (Å²) in [5.41, 5.74) is 5.77. The molecule has 0 aliphatic heterocycles. The molecule has 0 spiro atoms. The van der Waals surface area contributed by atoms with Gasteiger partial charge in [-0.05, 0) is 79.6 Å². The van der Waals surface area contributed by atoms with Crippen molar-refractivity contribution in [2.45, 2.75) is 30.6 Å². The van der Waals surface area contributed by atoms with Gasteiger partial charge in [0.2, 0.25) is 5.91 Å². The maximum Gasteiger partial charge on any atom is 0.272 e. The van der Waals surface area contributed by atoms with Gasteiger partial charge in [-0.25, -0.2) is 4.98 Å². The molecule has 0 fully saturated rings. The van der Waals surface area contributed by atoms with Gasteiger partial charge in [0.05, 0.1) is 10.9 Å². The molecule has 6 rings (SSSR count). The molecule has 0 saturated heterocycles. The summed E-state index contributed by atoms with van der Waals surface area (Å²) in [4.78, 5) is 45.0. The number of carbonyl (C=O) groups is 3. The van der Waals surface area contributed by atoms with Crippen LogP contribution in [0.1, 0.15) is 34.0 Å². The number of hydrogen-bond donors (Lipinski definition) is 3. The van der Waals surface area contributed by atoms with Crippen molar-refractivity contribution in [3.05, 3.63) is 167 Å². The number of thioether (sulfide) groups is 1. The average Bonchev–Trinajstić information content (AvgIpc) is 3.64. The highest BCUT2D eigenvalue weighted by Gasteiger charge is 2.18. The molecule has 1 heterocycles. The van der Waals surface area contributed by atoms with Crippen LogP contribution in [0.2, 0.25) is 0 Å². The van der Waals surface area contributed by atoms with Crippen LogP contribution in [0.15, 0.2) is 149 Å². The SMILES string of the molecule is Cc1ccc(-c2csc(NC(=O)C(C)Sc3ccc(NC(=O)/C(=C/c4ccc(OCc5ccccc5)cc4)NC(=O)c4ccccc4)cc3)n2)cc1. The molecule has 5 aromatic carbocycles. The molecular weight excluding hydrogens is 689 g/mol. The maximum atomic E-state index is 13.6. The van der Waals surface area contributed by atoms with Gasteiger partial charge in [0, 0.05) is 27.1 Å². The van der Waals surface area contributed by atoms with E-state index in [1.54, 1.807) is 42.5 Å². The number of amides is 3. The van der Waals surface area contributed by atoms with Crippen LogP contribution in [0.5, 0.6) is 5.75 Å². The number of rotatable bonds is 13. The zero-order valence-corrected chi connectivity index (χ0v) is 30.2. The number of aromatic nitrogens is 1. The summed E-state index contributed by atoms with van der Waals surface area (Å²) in [6.07, 6.45) is 1.62. The van der Waals surface area contributed by atoms with Crippen LogP contribution in [0.4, 0.5) is 10.8 Å². The third kappa shape index (κ3) is 10.1. The summed E-state index contributed by atoms with van der Waals surface area (Å²) >= 11 is 2.78. The molecule has 3 amide bonds. The monoisotopic (exact) mass is 724 g/mol. The van der Waals surface area contributed by atoms with E-state index in [0.717, 1.165) is 21.7 Å². The number of ether oxygens (including phenoxy) is 1. The van der Waals surface area contributed by atoms with E-state index < -0.39 is 17.1 Å². The summed E-state index contributed by atoms with van der Waals surface area (Å²) in [6, 6.07) is 41.2. The molecule has 10 heteroatoms. The van der Waals surface area contributed by atoms with Gasteiger partial charge in [-0.15, -0.1) is 23.1 Å². The number of nitrogens with one attached hydrogen (secondary N) is 3. The van der Waals surface area contributed by atoms with Crippen molar-refractivity contribution < 1.29 is 19.1 Å². The minimum atomic E-state index is -0.490. The highest BCUT2D eigenvalue weighted by atomic mass is 32.2. The predicted octanol–water partition coefficient (Wildman–Crippen LogP) is 9.23. The van der Waals surface area contributed by atoms with Crippen LogP contribution >= 0.6 is 23.1 Å². The molecule has 260 valence electrons. The molecule has 1 unspecified atom stereocenters.